The third-order valence-corrected chi connectivity index (χ3v) is 3.53. The van der Waals surface area contributed by atoms with E-state index in [0.29, 0.717) is 12.2 Å². The molecule has 1 N–H and O–H groups in total. The van der Waals surface area contributed by atoms with Crippen molar-refractivity contribution in [1.29, 1.82) is 0 Å². The Balaban J connectivity index is 2.33. The molecule has 1 aromatic carbocycles. The molecule has 3 unspecified atom stereocenters. The van der Waals surface area contributed by atoms with Crippen LogP contribution >= 0.6 is 0 Å². The molecule has 1 fully saturated rings. The van der Waals surface area contributed by atoms with Crippen molar-refractivity contribution in [2.45, 2.75) is 39.4 Å². The molecule has 1 aromatic rings. The number of hydrogen-bond acceptors (Lipinski definition) is 2. The standard InChI is InChI=1S/C14H19FO2/c1-8-6-10(3)12(11(15)7-8)13(16)14-9(2)4-5-17-14/h6-7,9,13-14,16H,4-5H2,1-3H3. The monoisotopic (exact) mass is 238 g/mol. The summed E-state index contributed by atoms with van der Waals surface area (Å²) in [6, 6.07) is 3.35. The number of rotatable bonds is 2. The molecular weight excluding hydrogens is 219 g/mol. The number of aliphatic hydroxyl groups is 1. The average molecular weight is 238 g/mol. The van der Waals surface area contributed by atoms with Crippen molar-refractivity contribution < 1.29 is 14.2 Å². The van der Waals surface area contributed by atoms with E-state index in [1.807, 2.05) is 26.8 Å². The minimum atomic E-state index is -0.868. The van der Waals surface area contributed by atoms with Crippen molar-refractivity contribution in [2.75, 3.05) is 6.61 Å². The van der Waals surface area contributed by atoms with Gasteiger partial charge in [-0.15, -0.1) is 0 Å². The molecule has 0 bridgehead atoms. The second-order valence-corrected chi connectivity index (χ2v) is 5.02. The zero-order chi connectivity index (χ0) is 12.6. The predicted molar refractivity (Wildman–Crippen MR) is 64.4 cm³/mol. The molecule has 0 spiro atoms. The zero-order valence-electron chi connectivity index (χ0n) is 10.5. The molecule has 0 amide bonds. The molecular formula is C14H19FO2. The lowest BCUT2D eigenvalue weighted by atomic mass is 9.91. The molecule has 2 rings (SSSR count). The summed E-state index contributed by atoms with van der Waals surface area (Å²) in [5, 5.41) is 10.3. The Kier molecular flexibility index (Phi) is 3.50. The van der Waals surface area contributed by atoms with Gasteiger partial charge in [-0.3, -0.25) is 0 Å². The van der Waals surface area contributed by atoms with Gasteiger partial charge in [-0.1, -0.05) is 13.0 Å². The summed E-state index contributed by atoms with van der Waals surface area (Å²) in [4.78, 5) is 0. The van der Waals surface area contributed by atoms with Gasteiger partial charge in [0.15, 0.2) is 0 Å². The van der Waals surface area contributed by atoms with E-state index in [2.05, 4.69) is 0 Å². The number of benzene rings is 1. The third-order valence-electron chi connectivity index (χ3n) is 3.53. The minimum Gasteiger partial charge on any atom is -0.386 e. The van der Waals surface area contributed by atoms with Crippen LogP contribution in [0, 0.1) is 25.6 Å². The first-order valence-corrected chi connectivity index (χ1v) is 6.07. The van der Waals surface area contributed by atoms with Gasteiger partial charge >= 0.3 is 0 Å². The Bertz CT molecular complexity index is 394. The third kappa shape index (κ3) is 2.35. The summed E-state index contributed by atoms with van der Waals surface area (Å²) < 4.78 is 19.4. The second kappa shape index (κ2) is 4.75. The van der Waals surface area contributed by atoms with E-state index in [1.54, 1.807) is 0 Å². The maximum absolute atomic E-state index is 13.9. The van der Waals surface area contributed by atoms with Gasteiger partial charge in [-0.05, 0) is 43.4 Å². The lowest BCUT2D eigenvalue weighted by Crippen LogP contribution is -2.24. The highest BCUT2D eigenvalue weighted by atomic mass is 19.1. The summed E-state index contributed by atoms with van der Waals surface area (Å²) in [7, 11) is 0. The van der Waals surface area contributed by atoms with E-state index < -0.39 is 6.10 Å². The van der Waals surface area contributed by atoms with Crippen LogP contribution in [-0.2, 0) is 4.74 Å². The van der Waals surface area contributed by atoms with Gasteiger partial charge in [0.25, 0.3) is 0 Å². The van der Waals surface area contributed by atoms with E-state index in [9.17, 15) is 9.50 Å². The maximum atomic E-state index is 13.9. The fourth-order valence-electron chi connectivity index (χ4n) is 2.59. The van der Waals surface area contributed by atoms with Crippen molar-refractivity contribution in [3.63, 3.8) is 0 Å². The van der Waals surface area contributed by atoms with Gasteiger partial charge in [-0.25, -0.2) is 4.39 Å². The van der Waals surface area contributed by atoms with Crippen molar-refractivity contribution in [2.24, 2.45) is 5.92 Å². The molecule has 1 saturated heterocycles. The second-order valence-electron chi connectivity index (χ2n) is 5.02. The fourth-order valence-corrected chi connectivity index (χ4v) is 2.59. The molecule has 0 saturated carbocycles. The van der Waals surface area contributed by atoms with Crippen molar-refractivity contribution in [3.8, 4) is 0 Å². The lowest BCUT2D eigenvalue weighted by molar-refractivity contribution is -0.0196. The zero-order valence-corrected chi connectivity index (χ0v) is 10.5. The highest BCUT2D eigenvalue weighted by molar-refractivity contribution is 5.34. The molecule has 94 valence electrons. The van der Waals surface area contributed by atoms with Crippen LogP contribution in [0.5, 0.6) is 0 Å². The summed E-state index contributed by atoms with van der Waals surface area (Å²) >= 11 is 0. The van der Waals surface area contributed by atoms with E-state index in [1.165, 1.54) is 6.07 Å². The van der Waals surface area contributed by atoms with Crippen LogP contribution in [0.1, 0.15) is 36.1 Å². The molecule has 3 atom stereocenters. The molecule has 0 aliphatic carbocycles. The van der Waals surface area contributed by atoms with Crippen molar-refractivity contribution in [1.82, 2.24) is 0 Å². The molecule has 0 aromatic heterocycles. The maximum Gasteiger partial charge on any atom is 0.129 e. The molecule has 1 aliphatic heterocycles. The fraction of sp³-hybridized carbons (Fsp3) is 0.571. The van der Waals surface area contributed by atoms with Gasteiger partial charge < -0.3 is 9.84 Å². The van der Waals surface area contributed by atoms with E-state index in [4.69, 9.17) is 4.74 Å². The van der Waals surface area contributed by atoms with Gasteiger partial charge in [0.1, 0.15) is 11.9 Å². The topological polar surface area (TPSA) is 29.5 Å². The molecule has 17 heavy (non-hydrogen) atoms. The number of hydrogen-bond donors (Lipinski definition) is 1. The van der Waals surface area contributed by atoms with Crippen LogP contribution in [0.2, 0.25) is 0 Å². The van der Waals surface area contributed by atoms with Crippen LogP contribution < -0.4 is 0 Å². The Morgan fingerprint density at radius 1 is 1.41 bits per heavy atom. The van der Waals surface area contributed by atoms with Crippen LogP contribution in [-0.4, -0.2) is 17.8 Å². The Morgan fingerprint density at radius 2 is 2.12 bits per heavy atom. The summed E-state index contributed by atoms with van der Waals surface area (Å²) in [6.45, 7) is 6.35. The normalized spacial score (nSPS) is 26.2. The Morgan fingerprint density at radius 3 is 2.65 bits per heavy atom. The first kappa shape index (κ1) is 12.5. The highest BCUT2D eigenvalue weighted by Crippen LogP contribution is 2.34. The smallest absolute Gasteiger partial charge is 0.129 e. The summed E-state index contributed by atoms with van der Waals surface area (Å²) in [5.41, 5.74) is 2.04. The van der Waals surface area contributed by atoms with E-state index >= 15 is 0 Å². The molecule has 2 nitrogen and oxygen atoms in total. The highest BCUT2D eigenvalue weighted by Gasteiger charge is 2.33. The van der Waals surface area contributed by atoms with Crippen molar-refractivity contribution in [3.05, 3.63) is 34.6 Å². The molecule has 3 heteroatoms. The molecule has 0 radical (unpaired) electrons. The summed E-state index contributed by atoms with van der Waals surface area (Å²) in [5.74, 6) is -0.0668. The quantitative estimate of drug-likeness (QED) is 0.858. The Hall–Kier alpha value is -0.930. The lowest BCUT2D eigenvalue weighted by Gasteiger charge is -2.23. The average Bonchev–Trinajstić information content (AvgIpc) is 2.62. The van der Waals surface area contributed by atoms with Gasteiger partial charge in [-0.2, -0.15) is 0 Å². The molecule has 1 aliphatic rings. The van der Waals surface area contributed by atoms with Crippen molar-refractivity contribution >= 4 is 0 Å². The number of aryl methyl sites for hydroxylation is 2. The SMILES string of the molecule is Cc1cc(C)c(C(O)C2OCCC2C)c(F)c1. The summed E-state index contributed by atoms with van der Waals surface area (Å²) in [6.07, 6.45) is -0.229. The Labute approximate surface area is 101 Å². The van der Waals surface area contributed by atoms with Gasteiger partial charge in [0.05, 0.1) is 6.10 Å². The first-order valence-electron chi connectivity index (χ1n) is 6.07. The van der Waals surface area contributed by atoms with E-state index in [-0.39, 0.29) is 17.8 Å². The van der Waals surface area contributed by atoms with Gasteiger partial charge in [0, 0.05) is 12.2 Å². The molecule has 1 heterocycles. The number of halogens is 1. The van der Waals surface area contributed by atoms with Crippen LogP contribution in [0.4, 0.5) is 4.39 Å². The number of aliphatic hydroxyl groups excluding tert-OH is 1. The first-order chi connectivity index (χ1) is 8.00. The predicted octanol–water partition coefficient (Wildman–Crippen LogP) is 2.90. The van der Waals surface area contributed by atoms with Crippen LogP contribution in [0.3, 0.4) is 0 Å². The van der Waals surface area contributed by atoms with Gasteiger partial charge in [0.2, 0.25) is 0 Å². The van der Waals surface area contributed by atoms with Crippen LogP contribution in [0.25, 0.3) is 0 Å². The minimum absolute atomic E-state index is 0.269. The van der Waals surface area contributed by atoms with Crippen LogP contribution in [0.15, 0.2) is 12.1 Å². The van der Waals surface area contributed by atoms with E-state index in [0.717, 1.165) is 17.5 Å². The number of ether oxygens (including phenoxy) is 1. The largest absolute Gasteiger partial charge is 0.386 e.